The van der Waals surface area contributed by atoms with Gasteiger partial charge in [0.1, 0.15) is 0 Å². The van der Waals surface area contributed by atoms with E-state index >= 15 is 0 Å². The van der Waals surface area contributed by atoms with Crippen LogP contribution < -0.4 is 5.69 Å². The van der Waals surface area contributed by atoms with Gasteiger partial charge in [0.25, 0.3) is 0 Å². The Labute approximate surface area is 98.9 Å². The van der Waals surface area contributed by atoms with Gasteiger partial charge in [-0.1, -0.05) is 12.1 Å². The Balaban J connectivity index is 2.14. The first-order chi connectivity index (χ1) is 8.24. The molecule has 0 atom stereocenters. The first-order valence-electron chi connectivity index (χ1n) is 5.81. The van der Waals surface area contributed by atoms with Gasteiger partial charge < -0.3 is 4.52 Å². The molecule has 2 aromatic rings. The Kier molecular flexibility index (Phi) is 3.41. The van der Waals surface area contributed by atoms with Crippen LogP contribution >= 0.6 is 0 Å². The van der Waals surface area contributed by atoms with E-state index in [4.69, 9.17) is 4.52 Å². The van der Waals surface area contributed by atoms with Crippen molar-refractivity contribution in [3.8, 4) is 0 Å². The largest absolute Gasteiger partial charge is 0.339 e. The van der Waals surface area contributed by atoms with Gasteiger partial charge in [0.05, 0.1) is 6.54 Å². The predicted molar refractivity (Wildman–Crippen MR) is 61.8 cm³/mol. The highest BCUT2D eigenvalue weighted by Gasteiger charge is 2.08. The lowest BCUT2D eigenvalue weighted by Gasteiger charge is -1.95. The normalized spacial score (nSPS) is 10.9. The van der Waals surface area contributed by atoms with Crippen LogP contribution in [0.1, 0.15) is 32.0 Å². The van der Waals surface area contributed by atoms with Crippen LogP contribution in [0.25, 0.3) is 0 Å². The number of rotatable bonds is 5. The van der Waals surface area contributed by atoms with Crippen LogP contribution in [0.15, 0.2) is 21.7 Å². The molecule has 0 spiro atoms. The molecule has 92 valence electrons. The summed E-state index contributed by atoms with van der Waals surface area (Å²) >= 11 is 0. The summed E-state index contributed by atoms with van der Waals surface area (Å²) in [7, 11) is 0. The fourth-order valence-electron chi connectivity index (χ4n) is 1.64. The lowest BCUT2D eigenvalue weighted by Crippen LogP contribution is -2.24. The Bertz CT molecular complexity index is 538. The van der Waals surface area contributed by atoms with Gasteiger partial charge in [-0.05, 0) is 13.3 Å². The number of hydrogen-bond donors (Lipinski definition) is 0. The van der Waals surface area contributed by atoms with Gasteiger partial charge in [-0.2, -0.15) is 4.98 Å². The van der Waals surface area contributed by atoms with Crippen LogP contribution in [0.5, 0.6) is 0 Å². The van der Waals surface area contributed by atoms with E-state index in [9.17, 15) is 4.79 Å². The molecule has 0 radical (unpaired) electrons. The summed E-state index contributed by atoms with van der Waals surface area (Å²) in [4.78, 5) is 16.0. The Morgan fingerprint density at radius 1 is 1.29 bits per heavy atom. The fraction of sp³-hybridized carbons (Fsp3) is 0.545. The molecule has 6 nitrogen and oxygen atoms in total. The number of nitrogens with zero attached hydrogens (tertiary/aromatic N) is 4. The molecule has 0 amide bonds. The molecule has 0 aliphatic heterocycles. The molecule has 2 heterocycles. The first-order valence-corrected chi connectivity index (χ1v) is 5.81. The maximum Gasteiger partial charge on any atom is 0.328 e. The quantitative estimate of drug-likeness (QED) is 0.778. The topological polar surface area (TPSA) is 65.8 Å². The zero-order valence-electron chi connectivity index (χ0n) is 10.1. The minimum absolute atomic E-state index is 0.0469. The fourth-order valence-corrected chi connectivity index (χ4v) is 1.64. The summed E-state index contributed by atoms with van der Waals surface area (Å²) in [6.07, 6.45) is 5.24. The van der Waals surface area contributed by atoms with E-state index in [0.29, 0.717) is 24.8 Å². The average molecular weight is 236 g/mol. The minimum atomic E-state index is -0.0469. The Hall–Kier alpha value is -1.85. The second-order valence-electron chi connectivity index (χ2n) is 3.85. The van der Waals surface area contributed by atoms with Crippen LogP contribution in [0, 0.1) is 0 Å². The van der Waals surface area contributed by atoms with Gasteiger partial charge in [-0.25, -0.2) is 4.79 Å². The zero-order valence-corrected chi connectivity index (χ0v) is 10.1. The van der Waals surface area contributed by atoms with E-state index in [1.807, 2.05) is 6.92 Å². The first kappa shape index (κ1) is 11.6. The van der Waals surface area contributed by atoms with Crippen LogP contribution in [0.3, 0.4) is 0 Å². The molecule has 0 unspecified atom stereocenters. The van der Waals surface area contributed by atoms with Gasteiger partial charge in [0.2, 0.25) is 5.89 Å². The van der Waals surface area contributed by atoms with Crippen molar-refractivity contribution in [2.24, 2.45) is 0 Å². The summed E-state index contributed by atoms with van der Waals surface area (Å²) in [6, 6.07) is 0. The molecule has 0 N–H and O–H groups in total. The molecule has 0 aromatic carbocycles. The SMILES string of the molecule is CCCc1nc(Cn2ccn(CC)c2=O)no1. The molecule has 0 aliphatic rings. The molecule has 0 aliphatic carbocycles. The average Bonchev–Trinajstić information content (AvgIpc) is 2.89. The molecular weight excluding hydrogens is 220 g/mol. The van der Waals surface area contributed by atoms with Gasteiger partial charge in [-0.15, -0.1) is 0 Å². The van der Waals surface area contributed by atoms with Crippen LogP contribution in [0.4, 0.5) is 0 Å². The lowest BCUT2D eigenvalue weighted by molar-refractivity contribution is 0.371. The summed E-state index contributed by atoms with van der Waals surface area (Å²) < 4.78 is 8.27. The van der Waals surface area contributed by atoms with Gasteiger partial charge >= 0.3 is 5.69 Å². The van der Waals surface area contributed by atoms with Crippen molar-refractivity contribution in [3.63, 3.8) is 0 Å². The number of aromatic nitrogens is 4. The van der Waals surface area contributed by atoms with Crippen molar-refractivity contribution in [1.82, 2.24) is 19.3 Å². The summed E-state index contributed by atoms with van der Waals surface area (Å²) in [5, 5.41) is 3.85. The third-order valence-corrected chi connectivity index (χ3v) is 2.54. The van der Waals surface area contributed by atoms with Gasteiger partial charge in [0.15, 0.2) is 5.82 Å². The molecule has 2 aromatic heterocycles. The zero-order chi connectivity index (χ0) is 12.3. The van der Waals surface area contributed by atoms with Gasteiger partial charge in [0, 0.05) is 25.4 Å². The highest BCUT2D eigenvalue weighted by molar-refractivity contribution is 4.91. The molecule has 0 saturated carbocycles. The minimum Gasteiger partial charge on any atom is -0.339 e. The van der Waals surface area contributed by atoms with Crippen molar-refractivity contribution >= 4 is 0 Å². The standard InChI is InChI=1S/C11H16N4O2/c1-3-5-10-12-9(13-17-10)8-15-7-6-14(4-2)11(15)16/h6-7H,3-5,8H2,1-2H3. The summed E-state index contributed by atoms with van der Waals surface area (Å²) in [5.41, 5.74) is -0.0469. The highest BCUT2D eigenvalue weighted by atomic mass is 16.5. The van der Waals surface area contributed by atoms with Crippen molar-refractivity contribution in [3.05, 3.63) is 34.6 Å². The van der Waals surface area contributed by atoms with E-state index in [1.54, 1.807) is 21.5 Å². The maximum atomic E-state index is 11.8. The smallest absolute Gasteiger partial charge is 0.328 e. The molecule has 6 heteroatoms. The second kappa shape index (κ2) is 4.99. The van der Waals surface area contributed by atoms with Crippen molar-refractivity contribution in [2.75, 3.05) is 0 Å². The molecular formula is C11H16N4O2. The summed E-state index contributed by atoms with van der Waals surface area (Å²) in [6.45, 7) is 5.01. The van der Waals surface area contributed by atoms with E-state index in [0.717, 1.165) is 12.8 Å². The summed E-state index contributed by atoms with van der Waals surface area (Å²) in [5.74, 6) is 1.18. The second-order valence-corrected chi connectivity index (χ2v) is 3.85. The van der Waals surface area contributed by atoms with Gasteiger partial charge in [-0.3, -0.25) is 9.13 Å². The lowest BCUT2D eigenvalue weighted by atomic mass is 10.3. The van der Waals surface area contributed by atoms with E-state index in [-0.39, 0.29) is 5.69 Å². The van der Waals surface area contributed by atoms with Crippen LogP contribution in [-0.2, 0) is 19.5 Å². The molecule has 0 bridgehead atoms. The van der Waals surface area contributed by atoms with E-state index in [2.05, 4.69) is 17.1 Å². The van der Waals surface area contributed by atoms with Crippen molar-refractivity contribution < 1.29 is 4.52 Å². The van der Waals surface area contributed by atoms with Crippen molar-refractivity contribution in [1.29, 1.82) is 0 Å². The maximum absolute atomic E-state index is 11.8. The third kappa shape index (κ3) is 2.46. The Morgan fingerprint density at radius 3 is 2.71 bits per heavy atom. The molecule has 17 heavy (non-hydrogen) atoms. The third-order valence-electron chi connectivity index (χ3n) is 2.54. The van der Waals surface area contributed by atoms with E-state index in [1.165, 1.54) is 0 Å². The molecule has 0 fully saturated rings. The monoisotopic (exact) mass is 236 g/mol. The number of aryl methyl sites for hydroxylation is 2. The van der Waals surface area contributed by atoms with Crippen molar-refractivity contribution in [2.45, 2.75) is 39.8 Å². The Morgan fingerprint density at radius 2 is 2.06 bits per heavy atom. The van der Waals surface area contributed by atoms with Crippen LogP contribution in [0.2, 0.25) is 0 Å². The number of hydrogen-bond acceptors (Lipinski definition) is 4. The van der Waals surface area contributed by atoms with E-state index < -0.39 is 0 Å². The molecule has 2 rings (SSSR count). The van der Waals surface area contributed by atoms with Crippen LogP contribution in [-0.4, -0.2) is 19.3 Å². The highest BCUT2D eigenvalue weighted by Crippen LogP contribution is 2.01. The molecule has 0 saturated heterocycles. The number of imidazole rings is 1. The predicted octanol–water partition coefficient (Wildman–Crippen LogP) is 1.05.